The lowest BCUT2D eigenvalue weighted by Crippen LogP contribution is -2.41. The van der Waals surface area contributed by atoms with Crippen LogP contribution < -0.4 is 5.32 Å². The molecule has 0 atom stereocenters. The van der Waals surface area contributed by atoms with Gasteiger partial charge in [-0.2, -0.15) is 4.31 Å². The van der Waals surface area contributed by atoms with E-state index >= 15 is 0 Å². The van der Waals surface area contributed by atoms with E-state index < -0.39 is 41.5 Å². The number of benzene rings is 2. The first-order chi connectivity index (χ1) is 14.8. The van der Waals surface area contributed by atoms with Crippen LogP contribution in [0.25, 0.3) is 0 Å². The fourth-order valence-corrected chi connectivity index (χ4v) is 7.51. The van der Waals surface area contributed by atoms with Crippen LogP contribution in [-0.2, 0) is 34.5 Å². The maximum atomic E-state index is 13.1. The van der Waals surface area contributed by atoms with Crippen LogP contribution in [0.3, 0.4) is 0 Å². The standard InChI is InChI=1S/C20H24N2O7S3/c1-30(24,25)17-8-4-3-7-16(17)21-20(23)15-11-13-22(14-12-15)32(28,29)19-10-6-5-9-18(19)31(2,26)27/h3-10,15H,11-14H2,1-2H3,(H,21,23). The SMILES string of the molecule is CS(=O)(=O)c1ccccc1NC(=O)C1CCN(S(=O)(=O)c2ccccc2S(C)(=O)=O)CC1. The Labute approximate surface area is 188 Å². The average Bonchev–Trinajstić information content (AvgIpc) is 2.73. The average molecular weight is 501 g/mol. The van der Waals surface area contributed by atoms with Crippen molar-refractivity contribution in [1.82, 2.24) is 4.31 Å². The van der Waals surface area contributed by atoms with Gasteiger partial charge in [0.2, 0.25) is 15.9 Å². The molecule has 1 amide bonds. The number of hydrogen-bond acceptors (Lipinski definition) is 7. The summed E-state index contributed by atoms with van der Waals surface area (Å²) >= 11 is 0. The van der Waals surface area contributed by atoms with Crippen molar-refractivity contribution in [2.75, 3.05) is 30.9 Å². The molecule has 12 heteroatoms. The second-order valence-corrected chi connectivity index (χ2v) is 13.5. The summed E-state index contributed by atoms with van der Waals surface area (Å²) < 4.78 is 75.2. The number of anilines is 1. The first kappa shape index (κ1) is 24.4. The second kappa shape index (κ2) is 8.93. The summed E-state index contributed by atoms with van der Waals surface area (Å²) in [5.41, 5.74) is 0.178. The molecular formula is C20H24N2O7S3. The van der Waals surface area contributed by atoms with Crippen LogP contribution in [0.5, 0.6) is 0 Å². The van der Waals surface area contributed by atoms with Crippen molar-refractivity contribution in [2.24, 2.45) is 5.92 Å². The molecule has 2 aromatic carbocycles. The van der Waals surface area contributed by atoms with E-state index in [9.17, 15) is 30.0 Å². The van der Waals surface area contributed by atoms with E-state index in [-0.39, 0.29) is 46.3 Å². The highest BCUT2D eigenvalue weighted by Crippen LogP contribution is 2.29. The topological polar surface area (TPSA) is 135 Å². The Kier molecular flexibility index (Phi) is 6.80. The van der Waals surface area contributed by atoms with Crippen LogP contribution in [0.1, 0.15) is 12.8 Å². The molecule has 1 aliphatic rings. The van der Waals surface area contributed by atoms with Crippen LogP contribution in [-0.4, -0.2) is 61.1 Å². The van der Waals surface area contributed by atoms with Crippen LogP contribution >= 0.6 is 0 Å². The van der Waals surface area contributed by atoms with Crippen LogP contribution in [0.15, 0.2) is 63.2 Å². The first-order valence-electron chi connectivity index (χ1n) is 9.71. The van der Waals surface area contributed by atoms with Gasteiger partial charge in [0, 0.05) is 31.5 Å². The third-order valence-corrected chi connectivity index (χ3v) is 9.63. The molecule has 3 rings (SSSR count). The zero-order valence-corrected chi connectivity index (χ0v) is 20.0. The predicted molar refractivity (Wildman–Crippen MR) is 119 cm³/mol. The van der Waals surface area contributed by atoms with Gasteiger partial charge in [-0.15, -0.1) is 0 Å². The number of nitrogens with one attached hydrogen (secondary N) is 1. The summed E-state index contributed by atoms with van der Waals surface area (Å²) in [5.74, 6) is -0.908. The Morgan fingerprint density at radius 2 is 1.25 bits per heavy atom. The monoisotopic (exact) mass is 500 g/mol. The molecule has 9 nitrogen and oxygen atoms in total. The molecular weight excluding hydrogens is 476 g/mol. The minimum Gasteiger partial charge on any atom is -0.325 e. The molecule has 0 saturated carbocycles. The zero-order chi connectivity index (χ0) is 23.7. The summed E-state index contributed by atoms with van der Waals surface area (Å²) in [6.45, 7) is 0.0679. The molecule has 174 valence electrons. The van der Waals surface area contributed by atoms with Crippen molar-refractivity contribution in [2.45, 2.75) is 27.5 Å². The van der Waals surface area contributed by atoms with Gasteiger partial charge in [-0.3, -0.25) is 4.79 Å². The van der Waals surface area contributed by atoms with Gasteiger partial charge in [-0.05, 0) is 37.1 Å². The van der Waals surface area contributed by atoms with Crippen molar-refractivity contribution in [3.05, 3.63) is 48.5 Å². The maximum absolute atomic E-state index is 13.1. The Hall–Kier alpha value is -2.28. The van der Waals surface area contributed by atoms with E-state index in [1.807, 2.05) is 0 Å². The number of piperidine rings is 1. The molecule has 1 heterocycles. The van der Waals surface area contributed by atoms with Crippen molar-refractivity contribution < 1.29 is 30.0 Å². The number of amides is 1. The van der Waals surface area contributed by atoms with Gasteiger partial charge in [0.1, 0.15) is 4.90 Å². The van der Waals surface area contributed by atoms with Gasteiger partial charge in [0.05, 0.1) is 15.5 Å². The number of carbonyl (C=O) groups is 1. The molecule has 0 bridgehead atoms. The number of rotatable bonds is 6. The number of sulfonamides is 1. The van der Waals surface area contributed by atoms with E-state index in [0.717, 1.165) is 12.5 Å². The van der Waals surface area contributed by atoms with E-state index in [2.05, 4.69) is 5.32 Å². The molecule has 32 heavy (non-hydrogen) atoms. The summed E-state index contributed by atoms with van der Waals surface area (Å²) in [6, 6.07) is 11.5. The predicted octanol–water partition coefficient (Wildman–Crippen LogP) is 1.53. The van der Waals surface area contributed by atoms with Crippen LogP contribution in [0.2, 0.25) is 0 Å². The molecule has 1 N–H and O–H groups in total. The van der Waals surface area contributed by atoms with Gasteiger partial charge in [0.15, 0.2) is 19.7 Å². The molecule has 0 aliphatic carbocycles. The van der Waals surface area contributed by atoms with Crippen molar-refractivity contribution in [3.63, 3.8) is 0 Å². The minimum absolute atomic E-state index is 0.00532. The van der Waals surface area contributed by atoms with E-state index in [1.54, 1.807) is 12.1 Å². The molecule has 2 aromatic rings. The number of hydrogen-bond donors (Lipinski definition) is 1. The van der Waals surface area contributed by atoms with Crippen molar-refractivity contribution >= 4 is 41.3 Å². The molecule has 1 fully saturated rings. The lowest BCUT2D eigenvalue weighted by molar-refractivity contribution is -0.120. The highest BCUT2D eigenvalue weighted by Gasteiger charge is 2.34. The number of nitrogens with zero attached hydrogens (tertiary/aromatic N) is 1. The lowest BCUT2D eigenvalue weighted by atomic mass is 9.97. The third kappa shape index (κ3) is 5.20. The Bertz CT molecular complexity index is 1340. The van der Waals surface area contributed by atoms with Crippen molar-refractivity contribution in [1.29, 1.82) is 0 Å². The summed E-state index contributed by atoms with van der Waals surface area (Å²) in [4.78, 5) is 12.2. The maximum Gasteiger partial charge on any atom is 0.244 e. The van der Waals surface area contributed by atoms with Crippen LogP contribution in [0, 0.1) is 5.92 Å². The normalized spacial score (nSPS) is 16.6. The summed E-state index contributed by atoms with van der Waals surface area (Å²) in [7, 11) is -11.4. The van der Waals surface area contributed by atoms with E-state index in [0.29, 0.717) is 0 Å². The number of para-hydroxylation sites is 1. The van der Waals surface area contributed by atoms with Crippen molar-refractivity contribution in [3.8, 4) is 0 Å². The Morgan fingerprint density at radius 3 is 1.78 bits per heavy atom. The summed E-state index contributed by atoms with van der Waals surface area (Å²) in [6.07, 6.45) is 2.43. The number of sulfone groups is 2. The zero-order valence-electron chi connectivity index (χ0n) is 17.6. The molecule has 0 spiro atoms. The first-order valence-corrected chi connectivity index (χ1v) is 14.9. The Balaban J connectivity index is 1.74. The van der Waals surface area contributed by atoms with Gasteiger partial charge in [-0.1, -0.05) is 24.3 Å². The fourth-order valence-electron chi connectivity index (χ4n) is 3.60. The summed E-state index contributed by atoms with van der Waals surface area (Å²) in [5, 5.41) is 2.64. The molecule has 0 radical (unpaired) electrons. The second-order valence-electron chi connectivity index (χ2n) is 7.65. The largest absolute Gasteiger partial charge is 0.325 e. The highest BCUT2D eigenvalue weighted by atomic mass is 32.2. The van der Waals surface area contributed by atoms with Crippen LogP contribution in [0.4, 0.5) is 5.69 Å². The lowest BCUT2D eigenvalue weighted by Gasteiger charge is -2.31. The minimum atomic E-state index is -4.07. The van der Waals surface area contributed by atoms with Gasteiger partial charge >= 0.3 is 0 Å². The highest BCUT2D eigenvalue weighted by molar-refractivity contribution is 7.93. The quantitative estimate of drug-likeness (QED) is 0.635. The number of carbonyl (C=O) groups excluding carboxylic acids is 1. The van der Waals surface area contributed by atoms with E-state index in [4.69, 9.17) is 0 Å². The van der Waals surface area contributed by atoms with Gasteiger partial charge < -0.3 is 5.32 Å². The molecule has 1 saturated heterocycles. The molecule has 0 aromatic heterocycles. The Morgan fingerprint density at radius 1 is 0.781 bits per heavy atom. The third-order valence-electron chi connectivity index (χ3n) is 5.24. The smallest absolute Gasteiger partial charge is 0.244 e. The molecule has 0 unspecified atom stereocenters. The van der Waals surface area contributed by atoms with E-state index in [1.165, 1.54) is 40.7 Å². The fraction of sp³-hybridized carbons (Fsp3) is 0.350. The van der Waals surface area contributed by atoms with Gasteiger partial charge in [-0.25, -0.2) is 25.3 Å². The van der Waals surface area contributed by atoms with Gasteiger partial charge in [0.25, 0.3) is 0 Å². The molecule has 1 aliphatic heterocycles.